The fourth-order valence-electron chi connectivity index (χ4n) is 2.90. The molecule has 0 aliphatic carbocycles. The van der Waals surface area contributed by atoms with Crippen molar-refractivity contribution in [3.8, 4) is 0 Å². The first-order valence-corrected chi connectivity index (χ1v) is 7.94. The summed E-state index contributed by atoms with van der Waals surface area (Å²) in [6, 6.07) is 6.98. The summed E-state index contributed by atoms with van der Waals surface area (Å²) in [5, 5.41) is 13.7. The molecule has 25 heavy (non-hydrogen) atoms. The van der Waals surface area contributed by atoms with Gasteiger partial charge in [0, 0.05) is 43.2 Å². The van der Waals surface area contributed by atoms with E-state index in [4.69, 9.17) is 0 Å². The van der Waals surface area contributed by atoms with E-state index in [9.17, 15) is 19.3 Å². The molecule has 2 aromatic rings. The lowest BCUT2D eigenvalue weighted by molar-refractivity contribution is -0.385. The molecule has 0 bridgehead atoms. The molecule has 1 aliphatic heterocycles. The molecule has 0 spiro atoms. The Labute approximate surface area is 143 Å². The minimum atomic E-state index is -0.617. The van der Waals surface area contributed by atoms with Crippen LogP contribution in [-0.4, -0.2) is 34.9 Å². The molecule has 1 saturated heterocycles. The van der Waals surface area contributed by atoms with Crippen molar-refractivity contribution in [1.29, 1.82) is 0 Å². The highest BCUT2D eigenvalue weighted by molar-refractivity contribution is 5.94. The number of piperidine rings is 1. The second kappa shape index (κ2) is 7.25. The largest absolute Gasteiger partial charge is 0.369 e. The number of aromatic nitrogens is 1. The molecule has 1 N–H and O–H groups in total. The molecule has 2 heterocycles. The van der Waals surface area contributed by atoms with E-state index in [1.165, 1.54) is 12.1 Å². The van der Waals surface area contributed by atoms with Gasteiger partial charge >= 0.3 is 0 Å². The Kier molecular flexibility index (Phi) is 4.87. The topological polar surface area (TPSA) is 88.4 Å². The molecule has 1 fully saturated rings. The minimum Gasteiger partial charge on any atom is -0.369 e. The number of nitro groups is 1. The summed E-state index contributed by atoms with van der Waals surface area (Å²) >= 11 is 0. The van der Waals surface area contributed by atoms with Crippen molar-refractivity contribution in [1.82, 2.24) is 10.3 Å². The third kappa shape index (κ3) is 3.90. The fraction of sp³-hybridized carbons (Fsp3) is 0.294. The van der Waals surface area contributed by atoms with Gasteiger partial charge in [-0.1, -0.05) is 0 Å². The number of anilines is 1. The first kappa shape index (κ1) is 16.8. The van der Waals surface area contributed by atoms with Crippen LogP contribution in [-0.2, 0) is 0 Å². The molecule has 0 atom stereocenters. The van der Waals surface area contributed by atoms with Crippen LogP contribution >= 0.6 is 0 Å². The van der Waals surface area contributed by atoms with Crippen LogP contribution in [0.1, 0.15) is 23.2 Å². The molecule has 3 rings (SSSR count). The Bertz CT molecular complexity index is 777. The van der Waals surface area contributed by atoms with Crippen molar-refractivity contribution in [2.24, 2.45) is 0 Å². The number of carbonyl (C=O) groups is 1. The SMILES string of the molecule is O=C(NC1CCN(c2ccc([N+](=O)[O-])cc2F)CC1)c1ccncc1. The van der Waals surface area contributed by atoms with E-state index in [1.54, 1.807) is 24.5 Å². The maximum atomic E-state index is 14.1. The summed E-state index contributed by atoms with van der Waals surface area (Å²) in [5.74, 6) is -0.754. The molecule has 130 valence electrons. The zero-order chi connectivity index (χ0) is 17.8. The van der Waals surface area contributed by atoms with Gasteiger partial charge in [-0.15, -0.1) is 0 Å². The number of amides is 1. The van der Waals surface area contributed by atoms with Gasteiger partial charge in [-0.3, -0.25) is 19.9 Å². The molecular weight excluding hydrogens is 327 g/mol. The van der Waals surface area contributed by atoms with E-state index >= 15 is 0 Å². The van der Waals surface area contributed by atoms with E-state index in [2.05, 4.69) is 10.3 Å². The molecule has 0 unspecified atom stereocenters. The van der Waals surface area contributed by atoms with Gasteiger partial charge in [0.05, 0.1) is 16.7 Å². The van der Waals surface area contributed by atoms with Crippen LogP contribution in [0.5, 0.6) is 0 Å². The van der Waals surface area contributed by atoms with Crippen LogP contribution in [0.4, 0.5) is 15.8 Å². The van der Waals surface area contributed by atoms with Crippen LogP contribution in [0.15, 0.2) is 42.7 Å². The molecular formula is C17H17FN4O3. The van der Waals surface area contributed by atoms with Crippen molar-refractivity contribution >= 4 is 17.3 Å². The molecule has 0 saturated carbocycles. The lowest BCUT2D eigenvalue weighted by atomic mass is 10.0. The van der Waals surface area contributed by atoms with E-state index < -0.39 is 10.7 Å². The van der Waals surface area contributed by atoms with E-state index in [-0.39, 0.29) is 17.6 Å². The van der Waals surface area contributed by atoms with Crippen LogP contribution in [0.2, 0.25) is 0 Å². The highest BCUT2D eigenvalue weighted by atomic mass is 19.1. The molecule has 1 amide bonds. The van der Waals surface area contributed by atoms with Crippen molar-refractivity contribution < 1.29 is 14.1 Å². The number of nitrogens with zero attached hydrogens (tertiary/aromatic N) is 3. The fourth-order valence-corrected chi connectivity index (χ4v) is 2.90. The van der Waals surface area contributed by atoms with Crippen molar-refractivity contribution in [2.75, 3.05) is 18.0 Å². The second-order valence-corrected chi connectivity index (χ2v) is 5.86. The summed E-state index contributed by atoms with van der Waals surface area (Å²) in [7, 11) is 0. The molecule has 1 aromatic carbocycles. The van der Waals surface area contributed by atoms with Crippen LogP contribution in [0.25, 0.3) is 0 Å². The maximum absolute atomic E-state index is 14.1. The average Bonchev–Trinajstić information content (AvgIpc) is 2.63. The number of hydrogen-bond donors (Lipinski definition) is 1. The normalized spacial score (nSPS) is 15.0. The first-order valence-electron chi connectivity index (χ1n) is 7.94. The third-order valence-electron chi connectivity index (χ3n) is 4.26. The summed E-state index contributed by atoms with van der Waals surface area (Å²) in [6.07, 6.45) is 4.48. The smallest absolute Gasteiger partial charge is 0.272 e. The number of pyridine rings is 1. The number of halogens is 1. The van der Waals surface area contributed by atoms with Gasteiger partial charge in [-0.05, 0) is 31.0 Å². The summed E-state index contributed by atoms with van der Waals surface area (Å²) in [6.45, 7) is 1.13. The van der Waals surface area contributed by atoms with Crippen LogP contribution in [0.3, 0.4) is 0 Å². The lowest BCUT2D eigenvalue weighted by Crippen LogP contribution is -2.45. The van der Waals surface area contributed by atoms with E-state index in [1.807, 2.05) is 4.90 Å². The standard InChI is InChI=1S/C17H17FN4O3/c18-15-11-14(22(24)25)1-2-16(15)21-9-5-13(6-10-21)20-17(23)12-3-7-19-8-4-12/h1-4,7-8,11,13H,5-6,9-10H2,(H,20,23). The van der Waals surface area contributed by atoms with Gasteiger partial charge in [0.25, 0.3) is 11.6 Å². The Hall–Kier alpha value is -3.03. The number of hydrogen-bond acceptors (Lipinski definition) is 5. The molecule has 1 aliphatic rings. The summed E-state index contributed by atoms with van der Waals surface area (Å²) in [4.78, 5) is 27.9. The Morgan fingerprint density at radius 1 is 1.24 bits per heavy atom. The van der Waals surface area contributed by atoms with Crippen LogP contribution < -0.4 is 10.2 Å². The number of benzene rings is 1. The van der Waals surface area contributed by atoms with Crippen LogP contribution in [0, 0.1) is 15.9 Å². The zero-order valence-electron chi connectivity index (χ0n) is 13.4. The lowest BCUT2D eigenvalue weighted by Gasteiger charge is -2.34. The highest BCUT2D eigenvalue weighted by Crippen LogP contribution is 2.26. The quantitative estimate of drug-likeness (QED) is 0.680. The highest BCUT2D eigenvalue weighted by Gasteiger charge is 2.23. The predicted octanol–water partition coefficient (Wildman–Crippen LogP) is 2.53. The number of carbonyl (C=O) groups excluding carboxylic acids is 1. The minimum absolute atomic E-state index is 0.0121. The maximum Gasteiger partial charge on any atom is 0.272 e. The van der Waals surface area contributed by atoms with Crippen molar-refractivity contribution in [3.63, 3.8) is 0 Å². The third-order valence-corrected chi connectivity index (χ3v) is 4.26. The Morgan fingerprint density at radius 2 is 1.92 bits per heavy atom. The number of nitrogens with one attached hydrogen (secondary N) is 1. The summed E-state index contributed by atoms with van der Waals surface area (Å²) in [5.41, 5.74) is 0.643. The van der Waals surface area contributed by atoms with Gasteiger partial charge in [0.1, 0.15) is 0 Å². The molecule has 7 nitrogen and oxygen atoms in total. The molecule has 0 radical (unpaired) electrons. The first-order chi connectivity index (χ1) is 12.0. The number of rotatable bonds is 4. The van der Waals surface area contributed by atoms with Gasteiger partial charge in [0.2, 0.25) is 0 Å². The van der Waals surface area contributed by atoms with Crippen molar-refractivity contribution in [2.45, 2.75) is 18.9 Å². The molecule has 8 heteroatoms. The monoisotopic (exact) mass is 344 g/mol. The van der Waals surface area contributed by atoms with Gasteiger partial charge in [-0.2, -0.15) is 0 Å². The van der Waals surface area contributed by atoms with E-state index in [0.29, 0.717) is 37.2 Å². The average molecular weight is 344 g/mol. The Morgan fingerprint density at radius 3 is 2.52 bits per heavy atom. The van der Waals surface area contributed by atoms with Gasteiger partial charge in [-0.25, -0.2) is 4.39 Å². The van der Waals surface area contributed by atoms with Gasteiger partial charge < -0.3 is 10.2 Å². The molecule has 1 aromatic heterocycles. The van der Waals surface area contributed by atoms with E-state index in [0.717, 1.165) is 6.07 Å². The number of nitro benzene ring substituents is 1. The Balaban J connectivity index is 1.59. The second-order valence-electron chi connectivity index (χ2n) is 5.86. The van der Waals surface area contributed by atoms with Gasteiger partial charge in [0.15, 0.2) is 5.82 Å². The number of non-ortho nitro benzene ring substituents is 1. The van der Waals surface area contributed by atoms with Crippen molar-refractivity contribution in [3.05, 3.63) is 64.2 Å². The summed E-state index contributed by atoms with van der Waals surface area (Å²) < 4.78 is 14.1. The predicted molar refractivity (Wildman–Crippen MR) is 90.0 cm³/mol. The zero-order valence-corrected chi connectivity index (χ0v) is 13.4.